The van der Waals surface area contributed by atoms with Crippen LogP contribution in [0.1, 0.15) is 11.1 Å². The molecule has 0 aliphatic rings. The molecule has 2 aromatic carbocycles. The molecule has 2 aromatic rings. The van der Waals surface area contributed by atoms with Gasteiger partial charge in [0.05, 0.1) is 7.11 Å². The number of carbonyl (C=O) groups excluding carboxylic acids is 1. The van der Waals surface area contributed by atoms with Crippen molar-refractivity contribution in [3.63, 3.8) is 0 Å². The van der Waals surface area contributed by atoms with E-state index in [1.54, 1.807) is 31.4 Å². The second kappa shape index (κ2) is 8.18. The Kier molecular flexibility index (Phi) is 5.99. The van der Waals surface area contributed by atoms with E-state index in [-0.39, 0.29) is 5.57 Å². The van der Waals surface area contributed by atoms with Crippen molar-refractivity contribution in [1.82, 2.24) is 0 Å². The first-order chi connectivity index (χ1) is 11.5. The van der Waals surface area contributed by atoms with Crippen LogP contribution in [-0.2, 0) is 11.4 Å². The number of hydrogen-bond donors (Lipinski definition) is 1. The van der Waals surface area contributed by atoms with E-state index in [9.17, 15) is 4.79 Å². The first kappa shape index (κ1) is 17.6. The molecule has 0 saturated heterocycles. The second-order valence-electron chi connectivity index (χ2n) is 4.85. The van der Waals surface area contributed by atoms with Gasteiger partial charge in [-0.3, -0.25) is 4.79 Å². The van der Waals surface area contributed by atoms with Crippen LogP contribution < -0.4 is 15.2 Å². The van der Waals surface area contributed by atoms with E-state index in [1.165, 1.54) is 6.08 Å². The Morgan fingerprint density at radius 3 is 2.58 bits per heavy atom. The summed E-state index contributed by atoms with van der Waals surface area (Å²) in [5, 5.41) is 8.99. The third kappa shape index (κ3) is 4.61. The van der Waals surface area contributed by atoms with E-state index in [4.69, 9.17) is 20.5 Å². The average molecular weight is 387 g/mol. The van der Waals surface area contributed by atoms with Gasteiger partial charge in [0.15, 0.2) is 0 Å². The van der Waals surface area contributed by atoms with Crippen molar-refractivity contribution in [2.24, 2.45) is 5.73 Å². The first-order valence-electron chi connectivity index (χ1n) is 7.00. The Morgan fingerprint density at radius 2 is 2.00 bits per heavy atom. The number of ether oxygens (including phenoxy) is 2. The minimum atomic E-state index is -0.785. The highest BCUT2D eigenvalue weighted by molar-refractivity contribution is 9.10. The number of rotatable bonds is 6. The SMILES string of the molecule is COc1ccc(/C=C(\C#N)C(N)=O)c(OCc2ccc(Br)cc2)c1. The summed E-state index contributed by atoms with van der Waals surface area (Å²) in [6.07, 6.45) is 1.40. The van der Waals surface area contributed by atoms with Gasteiger partial charge < -0.3 is 15.2 Å². The van der Waals surface area contributed by atoms with Crippen LogP contribution in [0, 0.1) is 11.3 Å². The number of amides is 1. The lowest BCUT2D eigenvalue weighted by Gasteiger charge is -2.11. The van der Waals surface area contributed by atoms with Crippen LogP contribution in [0.3, 0.4) is 0 Å². The number of halogens is 1. The molecule has 1 amide bonds. The third-order valence-electron chi connectivity index (χ3n) is 3.21. The fourth-order valence-electron chi connectivity index (χ4n) is 1.94. The van der Waals surface area contributed by atoms with E-state index >= 15 is 0 Å². The molecule has 0 aliphatic heterocycles. The smallest absolute Gasteiger partial charge is 0.259 e. The van der Waals surface area contributed by atoms with Crippen molar-refractivity contribution < 1.29 is 14.3 Å². The summed E-state index contributed by atoms with van der Waals surface area (Å²) in [6, 6.07) is 14.6. The highest BCUT2D eigenvalue weighted by Gasteiger charge is 2.09. The van der Waals surface area contributed by atoms with Crippen LogP contribution >= 0.6 is 15.9 Å². The summed E-state index contributed by atoms with van der Waals surface area (Å²) in [5.41, 5.74) is 6.59. The van der Waals surface area contributed by atoms with Crippen molar-refractivity contribution in [1.29, 1.82) is 5.26 Å². The highest BCUT2D eigenvalue weighted by Crippen LogP contribution is 2.28. The fraction of sp³-hybridized carbons (Fsp3) is 0.111. The summed E-state index contributed by atoms with van der Waals surface area (Å²) in [4.78, 5) is 11.2. The number of primary amides is 1. The molecule has 2 rings (SSSR count). The van der Waals surface area contributed by atoms with Gasteiger partial charge in [-0.05, 0) is 35.9 Å². The summed E-state index contributed by atoms with van der Waals surface area (Å²) in [5.74, 6) is 0.314. The van der Waals surface area contributed by atoms with Gasteiger partial charge in [-0.2, -0.15) is 5.26 Å². The van der Waals surface area contributed by atoms with Crippen molar-refractivity contribution in [3.05, 3.63) is 63.6 Å². The molecule has 0 saturated carbocycles. The number of nitrogens with zero attached hydrogens (tertiary/aromatic N) is 1. The maximum atomic E-state index is 11.2. The van der Waals surface area contributed by atoms with Crippen molar-refractivity contribution in [2.45, 2.75) is 6.61 Å². The van der Waals surface area contributed by atoms with Crippen LogP contribution in [0.5, 0.6) is 11.5 Å². The van der Waals surface area contributed by atoms with Crippen molar-refractivity contribution in [3.8, 4) is 17.6 Å². The molecular weight excluding hydrogens is 372 g/mol. The lowest BCUT2D eigenvalue weighted by molar-refractivity contribution is -0.114. The monoisotopic (exact) mass is 386 g/mol. The van der Waals surface area contributed by atoms with Crippen LogP contribution in [-0.4, -0.2) is 13.0 Å². The van der Waals surface area contributed by atoms with Crippen LogP contribution in [0.25, 0.3) is 6.08 Å². The standard InChI is InChI=1S/C18H15BrN2O3/c1-23-16-7-4-13(8-14(10-20)18(21)22)17(9-16)24-11-12-2-5-15(19)6-3-12/h2-9H,11H2,1H3,(H2,21,22)/b14-8+. The Balaban J connectivity index is 2.30. The Hall–Kier alpha value is -2.78. The molecule has 24 heavy (non-hydrogen) atoms. The van der Waals surface area contributed by atoms with Gasteiger partial charge in [-0.25, -0.2) is 0 Å². The van der Waals surface area contributed by atoms with Gasteiger partial charge in [0.25, 0.3) is 5.91 Å². The van der Waals surface area contributed by atoms with Crippen LogP contribution in [0.4, 0.5) is 0 Å². The van der Waals surface area contributed by atoms with Crippen molar-refractivity contribution >= 4 is 27.9 Å². The number of hydrogen-bond acceptors (Lipinski definition) is 4. The first-order valence-corrected chi connectivity index (χ1v) is 7.79. The molecule has 0 heterocycles. The molecule has 0 atom stereocenters. The minimum Gasteiger partial charge on any atom is -0.497 e. The normalized spacial score (nSPS) is 10.8. The number of carbonyl (C=O) groups is 1. The topological polar surface area (TPSA) is 85.3 Å². The van der Waals surface area contributed by atoms with E-state index in [1.807, 2.05) is 24.3 Å². The molecule has 2 N–H and O–H groups in total. The molecule has 5 nitrogen and oxygen atoms in total. The number of nitriles is 1. The van der Waals surface area contributed by atoms with Crippen LogP contribution in [0.15, 0.2) is 52.5 Å². The quantitative estimate of drug-likeness (QED) is 0.608. The summed E-state index contributed by atoms with van der Waals surface area (Å²) < 4.78 is 12.0. The van der Waals surface area contributed by atoms with E-state index in [2.05, 4.69) is 15.9 Å². The molecule has 6 heteroatoms. The maximum Gasteiger partial charge on any atom is 0.259 e. The number of benzene rings is 2. The largest absolute Gasteiger partial charge is 0.497 e. The number of nitrogens with two attached hydrogens (primary N) is 1. The van der Waals surface area contributed by atoms with Gasteiger partial charge in [0, 0.05) is 16.1 Å². The van der Waals surface area contributed by atoms with Crippen LogP contribution in [0.2, 0.25) is 0 Å². The molecular formula is C18H15BrN2O3. The zero-order valence-electron chi connectivity index (χ0n) is 13.0. The minimum absolute atomic E-state index is 0.145. The Bertz CT molecular complexity index is 808. The molecule has 0 fully saturated rings. The molecule has 122 valence electrons. The lowest BCUT2D eigenvalue weighted by Crippen LogP contribution is -2.12. The lowest BCUT2D eigenvalue weighted by atomic mass is 10.1. The van der Waals surface area contributed by atoms with Gasteiger partial charge in [0.1, 0.15) is 29.7 Å². The predicted octanol–water partition coefficient (Wildman–Crippen LogP) is 3.43. The number of methoxy groups -OCH3 is 1. The summed E-state index contributed by atoms with van der Waals surface area (Å²) in [7, 11) is 1.55. The van der Waals surface area contributed by atoms with Gasteiger partial charge in [-0.1, -0.05) is 28.1 Å². The molecule has 0 aliphatic carbocycles. The zero-order chi connectivity index (χ0) is 17.5. The van der Waals surface area contributed by atoms with Crippen molar-refractivity contribution in [2.75, 3.05) is 7.11 Å². The Labute approximate surface area is 148 Å². The maximum absolute atomic E-state index is 11.2. The third-order valence-corrected chi connectivity index (χ3v) is 3.74. The highest BCUT2D eigenvalue weighted by atomic mass is 79.9. The fourth-order valence-corrected chi connectivity index (χ4v) is 2.21. The van der Waals surface area contributed by atoms with Gasteiger partial charge >= 0.3 is 0 Å². The Morgan fingerprint density at radius 1 is 1.29 bits per heavy atom. The molecule has 0 radical (unpaired) electrons. The molecule has 0 aromatic heterocycles. The van der Waals surface area contributed by atoms with Gasteiger partial charge in [0.2, 0.25) is 0 Å². The second-order valence-corrected chi connectivity index (χ2v) is 5.77. The average Bonchev–Trinajstić information content (AvgIpc) is 2.59. The predicted molar refractivity (Wildman–Crippen MR) is 94.3 cm³/mol. The molecule has 0 bridgehead atoms. The molecule has 0 spiro atoms. The zero-order valence-corrected chi connectivity index (χ0v) is 14.5. The summed E-state index contributed by atoms with van der Waals surface area (Å²) in [6.45, 7) is 0.333. The molecule has 0 unspecified atom stereocenters. The summed E-state index contributed by atoms with van der Waals surface area (Å²) >= 11 is 3.38. The van der Waals surface area contributed by atoms with E-state index < -0.39 is 5.91 Å². The van der Waals surface area contributed by atoms with Gasteiger partial charge in [-0.15, -0.1) is 0 Å². The van der Waals surface area contributed by atoms with E-state index in [0.29, 0.717) is 23.7 Å². The van der Waals surface area contributed by atoms with E-state index in [0.717, 1.165) is 10.0 Å².